The average molecular weight is 159 g/mol. The Labute approximate surface area is 66.6 Å². The van der Waals surface area contributed by atoms with Crippen molar-refractivity contribution in [3.63, 3.8) is 0 Å². The molecule has 0 spiro atoms. The highest BCUT2D eigenvalue weighted by Crippen LogP contribution is 1.93. The first-order valence-electron chi connectivity index (χ1n) is 3.36. The summed E-state index contributed by atoms with van der Waals surface area (Å²) in [6, 6.07) is 0. The van der Waals surface area contributed by atoms with Crippen molar-refractivity contribution >= 4 is 23.6 Å². The molecule has 0 bridgehead atoms. The monoisotopic (exact) mass is 159 g/mol. The largest absolute Gasteiger partial charge is 0.480 e. The molecule has 0 saturated carbocycles. The van der Waals surface area contributed by atoms with E-state index in [0.29, 0.717) is 6.61 Å². The Morgan fingerprint density at radius 1 is 1.60 bits per heavy atom. The molecule has 0 unspecified atom stereocenters. The van der Waals surface area contributed by atoms with Crippen molar-refractivity contribution in [2.45, 2.75) is 26.2 Å². The lowest BCUT2D eigenvalue weighted by Crippen LogP contribution is -2.03. The Morgan fingerprint density at radius 3 is 2.80 bits per heavy atom. The van der Waals surface area contributed by atoms with Gasteiger partial charge < -0.3 is 4.74 Å². The van der Waals surface area contributed by atoms with Gasteiger partial charge in [-0.1, -0.05) is 19.8 Å². The summed E-state index contributed by atoms with van der Waals surface area (Å²) in [6.07, 6.45) is 4.71. The lowest BCUT2D eigenvalue weighted by Gasteiger charge is -1.99. The molecule has 57 valence electrons. The minimum atomic E-state index is -0.0592. The standard InChI is InChI=1S/C7H11O2S/c1-2-3-4-5-9-7(10)6-8/h2-5H2,1H3. The smallest absolute Gasteiger partial charge is 0.283 e. The third kappa shape index (κ3) is 5.69. The summed E-state index contributed by atoms with van der Waals surface area (Å²) in [6.45, 7) is 2.64. The summed E-state index contributed by atoms with van der Waals surface area (Å²) in [5, 5.41) is -0.0592. The third-order valence-electron chi connectivity index (χ3n) is 1.06. The second-order valence-electron chi connectivity index (χ2n) is 1.95. The van der Waals surface area contributed by atoms with Crippen molar-refractivity contribution in [2.75, 3.05) is 6.61 Å². The van der Waals surface area contributed by atoms with Gasteiger partial charge in [-0.3, -0.25) is 4.79 Å². The normalized spacial score (nSPS) is 8.90. The van der Waals surface area contributed by atoms with E-state index in [1.54, 1.807) is 0 Å². The summed E-state index contributed by atoms with van der Waals surface area (Å²) in [5.74, 6) is 0. The summed E-state index contributed by atoms with van der Waals surface area (Å²) in [5.41, 5.74) is 0. The zero-order chi connectivity index (χ0) is 7.82. The van der Waals surface area contributed by atoms with Gasteiger partial charge in [0.25, 0.3) is 6.29 Å². The lowest BCUT2D eigenvalue weighted by molar-refractivity contribution is 0.305. The Hall–Kier alpha value is -0.440. The first-order valence-corrected chi connectivity index (χ1v) is 3.77. The van der Waals surface area contributed by atoms with Crippen molar-refractivity contribution in [3.05, 3.63) is 0 Å². The van der Waals surface area contributed by atoms with Crippen LogP contribution in [0.1, 0.15) is 26.2 Å². The number of unbranched alkanes of at least 4 members (excludes halogenated alkanes) is 2. The molecule has 3 heteroatoms. The van der Waals surface area contributed by atoms with Gasteiger partial charge in [0.15, 0.2) is 0 Å². The molecule has 1 radical (unpaired) electrons. The highest BCUT2D eigenvalue weighted by Gasteiger charge is 1.93. The summed E-state index contributed by atoms with van der Waals surface area (Å²) in [7, 11) is 0. The molecule has 0 N–H and O–H groups in total. The second kappa shape index (κ2) is 6.68. The van der Waals surface area contributed by atoms with Crippen LogP contribution in [-0.4, -0.2) is 17.9 Å². The Kier molecular flexibility index (Phi) is 6.38. The van der Waals surface area contributed by atoms with E-state index in [9.17, 15) is 4.79 Å². The molecule has 10 heavy (non-hydrogen) atoms. The maximum atomic E-state index is 9.78. The van der Waals surface area contributed by atoms with Crippen LogP contribution in [0.25, 0.3) is 0 Å². The summed E-state index contributed by atoms with van der Waals surface area (Å²) in [4.78, 5) is 9.78. The molecule has 0 fully saturated rings. The van der Waals surface area contributed by atoms with Crippen LogP contribution in [-0.2, 0) is 9.53 Å². The highest BCUT2D eigenvalue weighted by molar-refractivity contribution is 7.81. The van der Waals surface area contributed by atoms with Crippen LogP contribution in [0.2, 0.25) is 0 Å². The van der Waals surface area contributed by atoms with Gasteiger partial charge in [0.05, 0.1) is 6.61 Å². The highest BCUT2D eigenvalue weighted by atomic mass is 32.1. The molecule has 0 amide bonds. The first kappa shape index (κ1) is 9.56. The molecule has 0 aromatic rings. The fourth-order valence-corrected chi connectivity index (χ4v) is 0.630. The Balaban J connectivity index is 3.03. The zero-order valence-corrected chi connectivity index (χ0v) is 6.87. The van der Waals surface area contributed by atoms with Gasteiger partial charge in [0.2, 0.25) is 5.05 Å². The minimum absolute atomic E-state index is 0.0592. The molecule has 0 aromatic heterocycles. The maximum absolute atomic E-state index is 9.78. The van der Waals surface area contributed by atoms with E-state index < -0.39 is 0 Å². The van der Waals surface area contributed by atoms with Crippen LogP contribution in [0, 0.1) is 0 Å². The molecular formula is C7H11O2S. The van der Waals surface area contributed by atoms with E-state index in [-0.39, 0.29) is 5.05 Å². The van der Waals surface area contributed by atoms with Gasteiger partial charge in [-0.2, -0.15) is 0 Å². The van der Waals surface area contributed by atoms with Crippen LogP contribution >= 0.6 is 12.2 Å². The van der Waals surface area contributed by atoms with Crippen molar-refractivity contribution in [1.29, 1.82) is 0 Å². The van der Waals surface area contributed by atoms with Crippen LogP contribution in [0.3, 0.4) is 0 Å². The average Bonchev–Trinajstić information content (AvgIpc) is 1.98. The van der Waals surface area contributed by atoms with E-state index >= 15 is 0 Å². The van der Waals surface area contributed by atoms with Crippen molar-refractivity contribution < 1.29 is 9.53 Å². The number of hydrogen-bond donors (Lipinski definition) is 0. The second-order valence-corrected chi connectivity index (χ2v) is 2.32. The molecule has 0 heterocycles. The fourth-order valence-electron chi connectivity index (χ4n) is 0.546. The van der Waals surface area contributed by atoms with Crippen molar-refractivity contribution in [3.8, 4) is 0 Å². The predicted molar refractivity (Wildman–Crippen MR) is 43.8 cm³/mol. The van der Waals surface area contributed by atoms with E-state index in [4.69, 9.17) is 4.74 Å². The number of thiocarbonyl (C=S) groups is 1. The van der Waals surface area contributed by atoms with Gasteiger partial charge >= 0.3 is 0 Å². The lowest BCUT2D eigenvalue weighted by atomic mass is 10.3. The van der Waals surface area contributed by atoms with Gasteiger partial charge in [0, 0.05) is 0 Å². The third-order valence-corrected chi connectivity index (χ3v) is 1.27. The van der Waals surface area contributed by atoms with Crippen LogP contribution in [0.4, 0.5) is 0 Å². The van der Waals surface area contributed by atoms with Crippen LogP contribution in [0.15, 0.2) is 0 Å². The maximum Gasteiger partial charge on any atom is 0.283 e. The number of carbonyl (C=O) groups excluding carboxylic acids is 1. The van der Waals surface area contributed by atoms with E-state index in [1.807, 2.05) is 0 Å². The molecule has 0 atom stereocenters. The van der Waals surface area contributed by atoms with E-state index in [0.717, 1.165) is 19.3 Å². The predicted octanol–water partition coefficient (Wildman–Crippen LogP) is 1.63. The molecule has 0 saturated heterocycles. The number of rotatable bonds is 5. The SMILES string of the molecule is CCCCCOC(=S)[C]=O. The van der Waals surface area contributed by atoms with Crippen molar-refractivity contribution in [2.24, 2.45) is 0 Å². The quantitative estimate of drug-likeness (QED) is 0.450. The first-order chi connectivity index (χ1) is 4.81. The number of hydrogen-bond acceptors (Lipinski definition) is 3. The van der Waals surface area contributed by atoms with Gasteiger partial charge in [-0.15, -0.1) is 0 Å². The topological polar surface area (TPSA) is 26.3 Å². The summed E-state index contributed by atoms with van der Waals surface area (Å²) >= 11 is 4.46. The molecule has 0 aliphatic heterocycles. The molecule has 2 nitrogen and oxygen atoms in total. The summed E-state index contributed by atoms with van der Waals surface area (Å²) < 4.78 is 4.80. The Bertz CT molecular complexity index is 112. The van der Waals surface area contributed by atoms with Gasteiger partial charge in [0.1, 0.15) is 0 Å². The van der Waals surface area contributed by atoms with Crippen LogP contribution < -0.4 is 0 Å². The van der Waals surface area contributed by atoms with Crippen LogP contribution in [0.5, 0.6) is 0 Å². The molecule has 0 aliphatic carbocycles. The minimum Gasteiger partial charge on any atom is -0.480 e. The van der Waals surface area contributed by atoms with Gasteiger partial charge in [-0.25, -0.2) is 0 Å². The number of ether oxygens (including phenoxy) is 1. The fraction of sp³-hybridized carbons (Fsp3) is 0.714. The molecule has 0 aromatic carbocycles. The van der Waals surface area contributed by atoms with E-state index in [2.05, 4.69) is 19.1 Å². The Morgan fingerprint density at radius 2 is 2.30 bits per heavy atom. The van der Waals surface area contributed by atoms with E-state index in [1.165, 1.54) is 6.29 Å². The molecule has 0 aliphatic rings. The van der Waals surface area contributed by atoms with Gasteiger partial charge in [-0.05, 0) is 18.6 Å². The molecular weight excluding hydrogens is 148 g/mol. The zero-order valence-electron chi connectivity index (χ0n) is 6.05. The van der Waals surface area contributed by atoms with Crippen molar-refractivity contribution in [1.82, 2.24) is 0 Å². The molecule has 0 rings (SSSR count).